The molecule has 0 aliphatic carbocycles. The van der Waals surface area contributed by atoms with Gasteiger partial charge in [-0.25, -0.2) is 9.79 Å². The predicted molar refractivity (Wildman–Crippen MR) is 96.2 cm³/mol. The summed E-state index contributed by atoms with van der Waals surface area (Å²) < 4.78 is 6.21. The second-order valence-electron chi connectivity index (χ2n) is 4.49. The van der Waals surface area contributed by atoms with Crippen LogP contribution in [0, 0.1) is 3.57 Å². The number of ether oxygens (including phenoxy) is 1. The molecule has 0 radical (unpaired) electrons. The van der Waals surface area contributed by atoms with Crippen LogP contribution in [0.1, 0.15) is 11.1 Å². The van der Waals surface area contributed by atoms with Gasteiger partial charge in [0.15, 0.2) is 5.70 Å². The first kappa shape index (κ1) is 15.5. The first-order valence-electron chi connectivity index (χ1n) is 6.27. The van der Waals surface area contributed by atoms with E-state index in [1.54, 1.807) is 24.3 Å². The van der Waals surface area contributed by atoms with Gasteiger partial charge in [-0.15, -0.1) is 0 Å². The molecule has 2 aromatic rings. The fourth-order valence-electron chi connectivity index (χ4n) is 1.92. The molecule has 0 unspecified atom stereocenters. The van der Waals surface area contributed by atoms with Gasteiger partial charge >= 0.3 is 5.97 Å². The number of rotatable bonds is 2. The summed E-state index contributed by atoms with van der Waals surface area (Å²) >= 11 is 14.0. The largest absolute Gasteiger partial charge is 0.402 e. The number of benzene rings is 2. The van der Waals surface area contributed by atoms with Crippen LogP contribution in [0.5, 0.6) is 0 Å². The van der Waals surface area contributed by atoms with E-state index in [1.807, 2.05) is 24.3 Å². The lowest BCUT2D eigenvalue weighted by Gasteiger charge is -2.01. The normalized spacial score (nSPS) is 15.9. The third-order valence-electron chi connectivity index (χ3n) is 2.97. The standard InChI is InChI=1S/C16H8Cl2INO2/c17-11-6-5-9(7-12(11)18)8-14-16(21)22-15(20-14)10-3-1-2-4-13(10)19/h1-8H/b14-8+. The van der Waals surface area contributed by atoms with E-state index >= 15 is 0 Å². The molecule has 1 heterocycles. The number of halogens is 3. The van der Waals surface area contributed by atoms with Crippen molar-refractivity contribution in [1.82, 2.24) is 0 Å². The number of hydrogen-bond donors (Lipinski definition) is 0. The van der Waals surface area contributed by atoms with Crippen molar-refractivity contribution in [2.75, 3.05) is 0 Å². The summed E-state index contributed by atoms with van der Waals surface area (Å²) in [5, 5.41) is 0.880. The van der Waals surface area contributed by atoms with Crippen molar-refractivity contribution in [3.63, 3.8) is 0 Å². The highest BCUT2D eigenvalue weighted by atomic mass is 127. The van der Waals surface area contributed by atoms with Gasteiger partial charge in [0.25, 0.3) is 0 Å². The zero-order valence-electron chi connectivity index (χ0n) is 11.0. The average Bonchev–Trinajstić information content (AvgIpc) is 2.84. The molecule has 0 fully saturated rings. The Bertz CT molecular complexity index is 831. The zero-order valence-corrected chi connectivity index (χ0v) is 14.7. The van der Waals surface area contributed by atoms with Gasteiger partial charge < -0.3 is 4.74 Å². The molecule has 0 spiro atoms. The molecule has 0 bridgehead atoms. The van der Waals surface area contributed by atoms with Crippen LogP contribution in [0.15, 0.2) is 53.2 Å². The van der Waals surface area contributed by atoms with E-state index in [0.29, 0.717) is 15.9 Å². The highest BCUT2D eigenvalue weighted by Crippen LogP contribution is 2.26. The number of carbonyl (C=O) groups is 1. The second kappa shape index (κ2) is 6.40. The van der Waals surface area contributed by atoms with E-state index in [9.17, 15) is 4.79 Å². The predicted octanol–water partition coefficient (Wildman–Crippen LogP) is 4.94. The summed E-state index contributed by atoms with van der Waals surface area (Å²) in [5.74, 6) is -0.179. The number of carbonyl (C=O) groups excluding carboxylic acids is 1. The van der Waals surface area contributed by atoms with Gasteiger partial charge in [-0.3, -0.25) is 0 Å². The molecule has 1 aliphatic heterocycles. The van der Waals surface area contributed by atoms with E-state index in [4.69, 9.17) is 27.9 Å². The maximum absolute atomic E-state index is 12.0. The maximum atomic E-state index is 12.0. The summed E-state index contributed by atoms with van der Waals surface area (Å²) in [4.78, 5) is 16.2. The highest BCUT2D eigenvalue weighted by molar-refractivity contribution is 14.1. The molecule has 0 atom stereocenters. The molecule has 0 aromatic heterocycles. The van der Waals surface area contributed by atoms with Crippen LogP contribution >= 0.6 is 45.8 Å². The molecule has 3 nitrogen and oxygen atoms in total. The topological polar surface area (TPSA) is 38.7 Å². The molecule has 6 heteroatoms. The minimum atomic E-state index is -0.485. The fourth-order valence-corrected chi connectivity index (χ4v) is 2.84. The molecular weight excluding hydrogens is 436 g/mol. The highest BCUT2D eigenvalue weighted by Gasteiger charge is 2.25. The lowest BCUT2D eigenvalue weighted by Crippen LogP contribution is -2.06. The SMILES string of the molecule is O=C1OC(c2ccccc2I)=N/C1=C/c1ccc(Cl)c(Cl)c1. The second-order valence-corrected chi connectivity index (χ2v) is 6.47. The van der Waals surface area contributed by atoms with E-state index in [1.165, 1.54) is 0 Å². The van der Waals surface area contributed by atoms with E-state index in [-0.39, 0.29) is 5.70 Å². The monoisotopic (exact) mass is 443 g/mol. The molecule has 0 amide bonds. The van der Waals surface area contributed by atoms with Crippen LogP contribution in [0.25, 0.3) is 6.08 Å². The quantitative estimate of drug-likeness (QED) is 0.374. The Morgan fingerprint density at radius 1 is 1.09 bits per heavy atom. The third kappa shape index (κ3) is 3.19. The van der Waals surface area contributed by atoms with E-state index in [2.05, 4.69) is 27.6 Å². The van der Waals surface area contributed by atoms with E-state index in [0.717, 1.165) is 14.7 Å². The van der Waals surface area contributed by atoms with Crippen molar-refractivity contribution >= 4 is 63.7 Å². The summed E-state index contributed by atoms with van der Waals surface area (Å²) in [6, 6.07) is 12.7. The van der Waals surface area contributed by atoms with Crippen LogP contribution in [-0.2, 0) is 9.53 Å². The summed E-state index contributed by atoms with van der Waals surface area (Å²) in [7, 11) is 0. The molecular formula is C16H8Cl2INO2. The summed E-state index contributed by atoms with van der Waals surface area (Å²) in [6.45, 7) is 0. The number of cyclic esters (lactones) is 1. The van der Waals surface area contributed by atoms with Crippen molar-refractivity contribution in [2.24, 2.45) is 4.99 Å². The molecule has 2 aromatic carbocycles. The lowest BCUT2D eigenvalue weighted by molar-refractivity contribution is -0.129. The van der Waals surface area contributed by atoms with Gasteiger partial charge in [-0.1, -0.05) is 41.4 Å². The summed E-state index contributed by atoms with van der Waals surface area (Å²) in [6.07, 6.45) is 1.62. The molecule has 0 N–H and O–H groups in total. The van der Waals surface area contributed by atoms with Crippen LogP contribution in [0.4, 0.5) is 0 Å². The Morgan fingerprint density at radius 2 is 1.86 bits per heavy atom. The van der Waals surface area contributed by atoms with Crippen LogP contribution in [0.3, 0.4) is 0 Å². The van der Waals surface area contributed by atoms with Crippen LogP contribution in [0.2, 0.25) is 10.0 Å². The Balaban J connectivity index is 1.98. The van der Waals surface area contributed by atoms with Gasteiger partial charge in [-0.2, -0.15) is 0 Å². The Labute approximate surface area is 150 Å². The fraction of sp³-hybridized carbons (Fsp3) is 0. The van der Waals surface area contributed by atoms with Gasteiger partial charge in [0.2, 0.25) is 5.90 Å². The van der Waals surface area contributed by atoms with Crippen LogP contribution < -0.4 is 0 Å². The Kier molecular flexibility index (Phi) is 4.52. The van der Waals surface area contributed by atoms with Gasteiger partial charge in [-0.05, 0) is 58.5 Å². The van der Waals surface area contributed by atoms with Crippen molar-refractivity contribution < 1.29 is 9.53 Å². The Hall–Kier alpha value is -1.37. The molecule has 0 saturated carbocycles. The number of aliphatic imine (C=N–C) groups is 1. The van der Waals surface area contributed by atoms with Crippen LogP contribution in [-0.4, -0.2) is 11.9 Å². The van der Waals surface area contributed by atoms with Gasteiger partial charge in [0, 0.05) is 3.57 Å². The van der Waals surface area contributed by atoms with Gasteiger partial charge in [0.1, 0.15) is 0 Å². The molecule has 22 heavy (non-hydrogen) atoms. The van der Waals surface area contributed by atoms with Gasteiger partial charge in [0.05, 0.1) is 15.6 Å². The number of nitrogens with zero attached hydrogens (tertiary/aromatic N) is 1. The molecule has 0 saturated heterocycles. The molecule has 3 rings (SSSR count). The first-order valence-corrected chi connectivity index (χ1v) is 8.10. The summed E-state index contributed by atoms with van der Waals surface area (Å²) in [5.41, 5.74) is 1.75. The average molecular weight is 444 g/mol. The minimum absolute atomic E-state index is 0.230. The van der Waals surface area contributed by atoms with Crippen molar-refractivity contribution in [1.29, 1.82) is 0 Å². The molecule has 110 valence electrons. The molecule has 1 aliphatic rings. The van der Waals surface area contributed by atoms with Crippen molar-refractivity contribution in [2.45, 2.75) is 0 Å². The Morgan fingerprint density at radius 3 is 2.59 bits per heavy atom. The number of hydrogen-bond acceptors (Lipinski definition) is 3. The maximum Gasteiger partial charge on any atom is 0.363 e. The van der Waals surface area contributed by atoms with Crippen molar-refractivity contribution in [3.05, 3.63) is 72.9 Å². The lowest BCUT2D eigenvalue weighted by atomic mass is 10.2. The zero-order chi connectivity index (χ0) is 15.7. The minimum Gasteiger partial charge on any atom is -0.402 e. The first-order chi connectivity index (χ1) is 10.5. The third-order valence-corrected chi connectivity index (χ3v) is 4.65. The number of esters is 1. The van der Waals surface area contributed by atoms with E-state index < -0.39 is 5.97 Å². The smallest absolute Gasteiger partial charge is 0.363 e. The van der Waals surface area contributed by atoms with Crippen molar-refractivity contribution in [3.8, 4) is 0 Å².